The van der Waals surface area contributed by atoms with Crippen LogP contribution in [0.3, 0.4) is 0 Å². The number of thiazole rings is 1. The van der Waals surface area contributed by atoms with E-state index in [1.54, 1.807) is 30.6 Å². The molecule has 0 N–H and O–H groups in total. The third kappa shape index (κ3) is 3.65. The Morgan fingerprint density at radius 3 is 2.27 bits per heavy atom. The predicted molar refractivity (Wildman–Crippen MR) is 89.8 cm³/mol. The molecule has 0 aliphatic heterocycles. The molecule has 0 saturated heterocycles. The molecule has 0 spiro atoms. The second-order valence-corrected chi connectivity index (χ2v) is 6.02. The van der Waals surface area contributed by atoms with Crippen LogP contribution in [0.4, 0.5) is 0 Å². The molecule has 3 rings (SSSR count). The van der Waals surface area contributed by atoms with Gasteiger partial charge in [-0.3, -0.25) is 0 Å². The van der Waals surface area contributed by atoms with Gasteiger partial charge in [0.05, 0.1) is 12.3 Å². The molecule has 0 bridgehead atoms. The van der Waals surface area contributed by atoms with Crippen LogP contribution in [-0.2, 0) is 11.3 Å². The van der Waals surface area contributed by atoms with E-state index in [0.29, 0.717) is 11.6 Å². The van der Waals surface area contributed by atoms with Gasteiger partial charge in [0.25, 0.3) is 0 Å². The van der Waals surface area contributed by atoms with E-state index in [9.17, 15) is 0 Å². The molecule has 0 atom stereocenters. The highest BCUT2D eigenvalue weighted by Crippen LogP contribution is 2.27. The van der Waals surface area contributed by atoms with Crippen LogP contribution in [0.15, 0.2) is 53.9 Å². The molecule has 22 heavy (non-hydrogen) atoms. The van der Waals surface area contributed by atoms with E-state index in [2.05, 4.69) is 4.98 Å². The lowest BCUT2D eigenvalue weighted by atomic mass is 10.2. The highest BCUT2D eigenvalue weighted by atomic mass is 35.5. The lowest BCUT2D eigenvalue weighted by Crippen LogP contribution is -1.87. The molecule has 1 aromatic heterocycles. The number of hydrogen-bond acceptors (Lipinski definition) is 4. The molecule has 0 unspecified atom stereocenters. The van der Waals surface area contributed by atoms with Crippen molar-refractivity contribution in [3.05, 3.63) is 63.9 Å². The largest absolute Gasteiger partial charge is 0.457 e. The summed E-state index contributed by atoms with van der Waals surface area (Å²) in [5.41, 5.74) is 2.01. The summed E-state index contributed by atoms with van der Waals surface area (Å²) in [5.74, 6) is 1.53. The maximum absolute atomic E-state index is 5.86. The average Bonchev–Trinajstić information content (AvgIpc) is 2.99. The number of aromatic nitrogens is 1. The zero-order valence-corrected chi connectivity index (χ0v) is 13.5. The Morgan fingerprint density at radius 2 is 1.64 bits per heavy atom. The SMILES string of the molecule is COCc1nc(-c2ccc(Oc3ccc(Cl)cc3)cc2)cs1. The molecule has 0 saturated carbocycles. The van der Waals surface area contributed by atoms with Gasteiger partial charge >= 0.3 is 0 Å². The van der Waals surface area contributed by atoms with Crippen molar-refractivity contribution in [2.24, 2.45) is 0 Å². The fourth-order valence-corrected chi connectivity index (χ4v) is 2.87. The van der Waals surface area contributed by atoms with E-state index in [1.165, 1.54) is 0 Å². The summed E-state index contributed by atoms with van der Waals surface area (Å²) in [4.78, 5) is 4.53. The predicted octanol–water partition coefficient (Wildman–Crippen LogP) is 5.40. The lowest BCUT2D eigenvalue weighted by molar-refractivity contribution is 0.184. The summed E-state index contributed by atoms with van der Waals surface area (Å²) in [5, 5.41) is 3.70. The summed E-state index contributed by atoms with van der Waals surface area (Å²) in [7, 11) is 1.67. The molecule has 5 heteroatoms. The monoisotopic (exact) mass is 331 g/mol. The maximum Gasteiger partial charge on any atom is 0.127 e. The van der Waals surface area contributed by atoms with Crippen LogP contribution in [-0.4, -0.2) is 12.1 Å². The Labute approximate surface area is 138 Å². The fourth-order valence-electron chi connectivity index (χ4n) is 1.97. The Hall–Kier alpha value is -1.88. The molecule has 0 radical (unpaired) electrons. The third-order valence-corrected chi connectivity index (χ3v) is 4.09. The second kappa shape index (κ2) is 6.92. The Morgan fingerprint density at radius 1 is 1.00 bits per heavy atom. The molecule has 3 nitrogen and oxygen atoms in total. The van der Waals surface area contributed by atoms with Gasteiger partial charge in [-0.2, -0.15) is 0 Å². The van der Waals surface area contributed by atoms with Crippen LogP contribution in [0.25, 0.3) is 11.3 Å². The van der Waals surface area contributed by atoms with Gasteiger partial charge in [-0.05, 0) is 48.5 Å². The molecule has 112 valence electrons. The van der Waals surface area contributed by atoms with Crippen molar-refractivity contribution in [2.45, 2.75) is 6.61 Å². The van der Waals surface area contributed by atoms with Crippen molar-refractivity contribution in [1.82, 2.24) is 4.98 Å². The highest BCUT2D eigenvalue weighted by molar-refractivity contribution is 7.09. The van der Waals surface area contributed by atoms with E-state index in [4.69, 9.17) is 21.1 Å². The number of hydrogen-bond donors (Lipinski definition) is 0. The van der Waals surface area contributed by atoms with Crippen molar-refractivity contribution in [1.29, 1.82) is 0 Å². The van der Waals surface area contributed by atoms with Crippen molar-refractivity contribution < 1.29 is 9.47 Å². The van der Waals surface area contributed by atoms with Gasteiger partial charge in [-0.25, -0.2) is 4.98 Å². The topological polar surface area (TPSA) is 31.4 Å². The second-order valence-electron chi connectivity index (χ2n) is 4.64. The average molecular weight is 332 g/mol. The molecule has 0 aliphatic rings. The normalized spacial score (nSPS) is 10.6. The fraction of sp³-hybridized carbons (Fsp3) is 0.118. The number of halogens is 1. The van der Waals surface area contributed by atoms with Gasteiger partial charge in [-0.1, -0.05) is 11.6 Å². The van der Waals surface area contributed by atoms with Crippen molar-refractivity contribution >= 4 is 22.9 Å². The first-order chi connectivity index (χ1) is 10.7. The van der Waals surface area contributed by atoms with Crippen LogP contribution in [0.1, 0.15) is 5.01 Å². The number of benzene rings is 2. The van der Waals surface area contributed by atoms with E-state index >= 15 is 0 Å². The minimum Gasteiger partial charge on any atom is -0.457 e. The van der Waals surface area contributed by atoms with E-state index in [1.807, 2.05) is 41.8 Å². The standard InChI is InChI=1S/C17H14ClNO2S/c1-20-10-17-19-16(11-22-17)12-2-6-14(7-3-12)21-15-8-4-13(18)5-9-15/h2-9,11H,10H2,1H3. The number of rotatable bonds is 5. The van der Waals surface area contributed by atoms with Gasteiger partial charge < -0.3 is 9.47 Å². The molecular formula is C17H14ClNO2S. The summed E-state index contributed by atoms with van der Waals surface area (Å²) in [6.07, 6.45) is 0. The smallest absolute Gasteiger partial charge is 0.127 e. The van der Waals surface area contributed by atoms with Gasteiger partial charge in [0.1, 0.15) is 16.5 Å². The molecule has 0 aliphatic carbocycles. The summed E-state index contributed by atoms with van der Waals surface area (Å²) in [6, 6.07) is 15.1. The number of methoxy groups -OCH3 is 1. The summed E-state index contributed by atoms with van der Waals surface area (Å²) in [6.45, 7) is 0.544. The van der Waals surface area contributed by atoms with Crippen LogP contribution in [0.5, 0.6) is 11.5 Å². The van der Waals surface area contributed by atoms with Crippen molar-refractivity contribution in [2.75, 3.05) is 7.11 Å². The van der Waals surface area contributed by atoms with Gasteiger partial charge in [0, 0.05) is 23.1 Å². The highest BCUT2D eigenvalue weighted by Gasteiger charge is 2.05. The maximum atomic E-state index is 5.86. The third-order valence-electron chi connectivity index (χ3n) is 3.02. The van der Waals surface area contributed by atoms with E-state index < -0.39 is 0 Å². The van der Waals surface area contributed by atoms with Crippen LogP contribution >= 0.6 is 22.9 Å². The number of ether oxygens (including phenoxy) is 2. The number of nitrogens with zero attached hydrogens (tertiary/aromatic N) is 1. The summed E-state index contributed by atoms with van der Waals surface area (Å²) < 4.78 is 10.9. The Kier molecular flexibility index (Phi) is 4.73. The minimum atomic E-state index is 0.544. The zero-order valence-electron chi connectivity index (χ0n) is 12.0. The minimum absolute atomic E-state index is 0.544. The Balaban J connectivity index is 1.72. The molecule has 0 amide bonds. The molecule has 2 aromatic carbocycles. The van der Waals surface area contributed by atoms with Gasteiger partial charge in [0.15, 0.2) is 0 Å². The molecular weight excluding hydrogens is 318 g/mol. The lowest BCUT2D eigenvalue weighted by Gasteiger charge is -2.06. The van der Waals surface area contributed by atoms with E-state index in [-0.39, 0.29) is 0 Å². The molecule has 1 heterocycles. The van der Waals surface area contributed by atoms with Crippen LogP contribution < -0.4 is 4.74 Å². The quantitative estimate of drug-likeness (QED) is 0.627. The Bertz CT molecular complexity index is 738. The first-order valence-corrected chi connectivity index (χ1v) is 7.97. The van der Waals surface area contributed by atoms with Crippen LogP contribution in [0, 0.1) is 0 Å². The van der Waals surface area contributed by atoms with Gasteiger partial charge in [-0.15, -0.1) is 11.3 Å². The molecule has 0 fully saturated rings. The summed E-state index contributed by atoms with van der Waals surface area (Å²) >= 11 is 7.45. The van der Waals surface area contributed by atoms with E-state index in [0.717, 1.165) is 27.8 Å². The molecule has 3 aromatic rings. The first kappa shape index (κ1) is 15.0. The van der Waals surface area contributed by atoms with Gasteiger partial charge in [0.2, 0.25) is 0 Å². The van der Waals surface area contributed by atoms with Crippen molar-refractivity contribution in [3.8, 4) is 22.8 Å². The van der Waals surface area contributed by atoms with Crippen LogP contribution in [0.2, 0.25) is 5.02 Å². The zero-order chi connectivity index (χ0) is 15.4. The first-order valence-electron chi connectivity index (χ1n) is 6.72. The van der Waals surface area contributed by atoms with Crippen molar-refractivity contribution in [3.63, 3.8) is 0 Å².